The molecule has 1 aliphatic carbocycles. The van der Waals surface area contributed by atoms with Crippen molar-refractivity contribution in [3.8, 4) is 11.1 Å². The van der Waals surface area contributed by atoms with Gasteiger partial charge in [-0.05, 0) is 51.9 Å². The third-order valence-corrected chi connectivity index (χ3v) is 7.87. The molecular formula is C36H33F6N3O5. The lowest BCUT2D eigenvalue weighted by Gasteiger charge is -2.21. The van der Waals surface area contributed by atoms with Gasteiger partial charge < -0.3 is 31.0 Å². The van der Waals surface area contributed by atoms with Crippen molar-refractivity contribution >= 4 is 18.0 Å². The van der Waals surface area contributed by atoms with Gasteiger partial charge in [-0.15, -0.1) is 0 Å². The van der Waals surface area contributed by atoms with Gasteiger partial charge in [0.2, 0.25) is 0 Å². The van der Waals surface area contributed by atoms with Gasteiger partial charge in [-0.2, -0.15) is 26.3 Å². The van der Waals surface area contributed by atoms with Gasteiger partial charge in [-0.3, -0.25) is 4.79 Å². The molecule has 1 aliphatic rings. The molecular weight excluding hydrogens is 668 g/mol. The fourth-order valence-corrected chi connectivity index (χ4v) is 5.45. The van der Waals surface area contributed by atoms with Crippen molar-refractivity contribution < 1.29 is 56.3 Å². The van der Waals surface area contributed by atoms with E-state index in [0.717, 1.165) is 39.9 Å². The third kappa shape index (κ3) is 10.3. The molecule has 0 saturated heterocycles. The van der Waals surface area contributed by atoms with Crippen LogP contribution in [0.1, 0.15) is 33.7 Å². The van der Waals surface area contributed by atoms with E-state index < -0.39 is 42.1 Å². The highest BCUT2D eigenvalue weighted by atomic mass is 19.4. The summed E-state index contributed by atoms with van der Waals surface area (Å²) in [5.74, 6) is -3.44. The first-order valence-corrected chi connectivity index (χ1v) is 15.3. The van der Waals surface area contributed by atoms with Gasteiger partial charge in [0.25, 0.3) is 5.91 Å². The van der Waals surface area contributed by atoms with Crippen LogP contribution >= 0.6 is 0 Å². The second-order valence-corrected chi connectivity index (χ2v) is 11.5. The van der Waals surface area contributed by atoms with E-state index in [-0.39, 0.29) is 31.4 Å². The molecule has 4 aromatic carbocycles. The van der Waals surface area contributed by atoms with E-state index in [1.807, 2.05) is 66.7 Å². The Hall–Kier alpha value is -5.37. The summed E-state index contributed by atoms with van der Waals surface area (Å²) in [7, 11) is 0. The number of carbonyl (C=O) groups excluding carboxylic acids is 3. The standard InChI is InChI=1S/C34H32F3N3O3.C2HF3O2/c35-34(36,37)24-16-14-23(15-17-24)18-25(40-32(41)31(38)19-22-8-2-1-3-9-22)20-39-33(42)43-21-30-28-12-6-4-10-26(28)27-11-5-7-13-29(27)30;3-2(4,5)1(6)7/h1-17,25,30-31H,18-21,38H2,(H,39,42)(H,40,41);(H,6,7)/t25-,31+;/m1./s1. The summed E-state index contributed by atoms with van der Waals surface area (Å²) >= 11 is 0. The summed E-state index contributed by atoms with van der Waals surface area (Å²) in [6.45, 7) is 0.148. The number of aliphatic carboxylic acids is 1. The molecule has 4 aromatic rings. The Balaban J connectivity index is 0.000000727. The van der Waals surface area contributed by atoms with Gasteiger partial charge in [0.1, 0.15) is 12.6 Å². The zero-order chi connectivity index (χ0) is 36.5. The van der Waals surface area contributed by atoms with Crippen molar-refractivity contribution in [3.63, 3.8) is 0 Å². The van der Waals surface area contributed by atoms with Crippen molar-refractivity contribution in [2.75, 3.05) is 13.2 Å². The first kappa shape index (κ1) is 37.4. The van der Waals surface area contributed by atoms with Crippen molar-refractivity contribution in [2.24, 2.45) is 0 Å². The lowest BCUT2D eigenvalue weighted by Crippen LogP contribution is -2.69. The van der Waals surface area contributed by atoms with Crippen LogP contribution in [0.3, 0.4) is 0 Å². The molecule has 2 atom stereocenters. The minimum Gasteiger partial charge on any atom is -0.542 e. The number of halogens is 6. The highest BCUT2D eigenvalue weighted by Gasteiger charge is 2.31. The van der Waals surface area contributed by atoms with E-state index in [4.69, 9.17) is 14.6 Å². The predicted molar refractivity (Wildman–Crippen MR) is 168 cm³/mol. The summed E-state index contributed by atoms with van der Waals surface area (Å²) in [4.78, 5) is 34.6. The number of alkyl carbamates (subject to hydrolysis) is 1. The Morgan fingerprint density at radius 2 is 1.24 bits per heavy atom. The van der Waals surface area contributed by atoms with Crippen molar-refractivity contribution in [2.45, 2.75) is 43.2 Å². The lowest BCUT2D eigenvalue weighted by atomic mass is 9.98. The molecule has 50 heavy (non-hydrogen) atoms. The van der Waals surface area contributed by atoms with Crippen molar-refractivity contribution in [3.05, 3.63) is 131 Å². The van der Waals surface area contributed by atoms with Crippen molar-refractivity contribution in [1.82, 2.24) is 10.6 Å². The number of rotatable bonds is 10. The fourth-order valence-electron chi connectivity index (χ4n) is 5.45. The molecule has 2 amide bonds. The average Bonchev–Trinajstić information content (AvgIpc) is 3.40. The number of hydrogen-bond donors (Lipinski definition) is 3. The van der Waals surface area contributed by atoms with Crippen LogP contribution in [0.15, 0.2) is 103 Å². The monoisotopic (exact) mass is 701 g/mol. The molecule has 0 aliphatic heterocycles. The Morgan fingerprint density at radius 3 is 1.76 bits per heavy atom. The number of hydrogen-bond acceptors (Lipinski definition) is 5. The molecule has 14 heteroatoms. The molecule has 8 nitrogen and oxygen atoms in total. The fraction of sp³-hybridized carbons (Fsp3) is 0.250. The number of ether oxygens (including phenoxy) is 1. The minimum absolute atomic E-state index is 0.0154. The lowest BCUT2D eigenvalue weighted by molar-refractivity contribution is -0.403. The molecule has 0 unspecified atom stereocenters. The van der Waals surface area contributed by atoms with E-state index in [0.29, 0.717) is 12.0 Å². The number of fused-ring (bicyclic) bond motifs is 3. The number of amides is 2. The maximum Gasteiger partial charge on any atom is 0.430 e. The zero-order valence-electron chi connectivity index (χ0n) is 26.4. The van der Waals surface area contributed by atoms with Crippen molar-refractivity contribution in [1.29, 1.82) is 0 Å². The van der Waals surface area contributed by atoms with Gasteiger partial charge >= 0.3 is 18.4 Å². The van der Waals surface area contributed by atoms with Crippen LogP contribution in [0.4, 0.5) is 31.1 Å². The first-order valence-electron chi connectivity index (χ1n) is 15.3. The molecule has 0 radical (unpaired) electrons. The number of carboxylic acid groups (broad SMARTS) is 1. The Labute approximate surface area is 283 Å². The summed E-state index contributed by atoms with van der Waals surface area (Å²) < 4.78 is 76.3. The van der Waals surface area contributed by atoms with E-state index in [1.54, 1.807) is 0 Å². The summed E-state index contributed by atoms with van der Waals surface area (Å²) in [6, 6.07) is 29.1. The molecule has 0 bridgehead atoms. The van der Waals surface area contributed by atoms with Gasteiger partial charge in [-0.1, -0.05) is 91.0 Å². The molecule has 0 saturated carbocycles. The van der Waals surface area contributed by atoms with Crippen LogP contribution in [-0.4, -0.2) is 49.4 Å². The summed E-state index contributed by atoms with van der Waals surface area (Å²) in [5, 5.41) is 14.4. The average molecular weight is 702 g/mol. The summed E-state index contributed by atoms with van der Waals surface area (Å²) in [6.07, 6.45) is -9.68. The van der Waals surface area contributed by atoms with E-state index >= 15 is 0 Å². The zero-order valence-corrected chi connectivity index (χ0v) is 26.4. The molecule has 5 rings (SSSR count). The molecule has 5 N–H and O–H groups in total. The first-order chi connectivity index (χ1) is 23.6. The highest BCUT2D eigenvalue weighted by molar-refractivity contribution is 5.81. The van der Waals surface area contributed by atoms with Crippen LogP contribution in [0.2, 0.25) is 0 Å². The Morgan fingerprint density at radius 1 is 0.740 bits per heavy atom. The molecule has 0 aromatic heterocycles. The van der Waals surface area contributed by atoms with Crippen LogP contribution in [0, 0.1) is 0 Å². The third-order valence-electron chi connectivity index (χ3n) is 7.87. The van der Waals surface area contributed by atoms with Crippen LogP contribution in [0.25, 0.3) is 11.1 Å². The van der Waals surface area contributed by atoms with Crippen LogP contribution in [-0.2, 0) is 33.3 Å². The van der Waals surface area contributed by atoms with E-state index in [2.05, 4.69) is 28.5 Å². The largest absolute Gasteiger partial charge is 0.542 e. The Bertz CT molecular complexity index is 1720. The van der Waals surface area contributed by atoms with Gasteiger partial charge in [-0.25, -0.2) is 4.79 Å². The highest BCUT2D eigenvalue weighted by Crippen LogP contribution is 2.44. The van der Waals surface area contributed by atoms with Gasteiger partial charge in [0.15, 0.2) is 6.04 Å². The topological polar surface area (TPSA) is 135 Å². The summed E-state index contributed by atoms with van der Waals surface area (Å²) in [5.41, 5.74) is 9.17. The van der Waals surface area contributed by atoms with Gasteiger partial charge in [0.05, 0.1) is 11.6 Å². The SMILES string of the molecule is O=C([O-])C(F)(F)F.[NH3+][C@@H](Cc1ccccc1)C(=O)N[C@@H](CNC(=O)OCC1c2ccccc2-c2ccccc21)Cc1ccc(C(F)(F)F)cc1. The number of benzene rings is 4. The quantitative estimate of drug-likeness (QED) is 0.211. The normalized spacial score (nSPS) is 13.5. The maximum atomic E-state index is 13.1. The maximum absolute atomic E-state index is 13.1. The number of alkyl halides is 6. The number of carbonyl (C=O) groups is 3. The molecule has 0 spiro atoms. The second-order valence-electron chi connectivity index (χ2n) is 11.5. The number of quaternary nitrogens is 1. The van der Waals surface area contributed by atoms with E-state index in [1.165, 1.54) is 12.1 Å². The molecule has 264 valence electrons. The Kier molecular flexibility index (Phi) is 12.2. The molecule has 0 heterocycles. The van der Waals surface area contributed by atoms with Gasteiger partial charge in [0, 0.05) is 18.9 Å². The predicted octanol–water partition coefficient (Wildman–Crippen LogP) is 4.42. The second kappa shape index (κ2) is 16.4. The van der Waals surface area contributed by atoms with Crippen LogP contribution < -0.4 is 21.5 Å². The minimum atomic E-state index is -5.19. The number of nitrogens with one attached hydrogen (secondary N) is 2. The molecule has 0 fully saturated rings. The van der Waals surface area contributed by atoms with Crippen LogP contribution in [0.5, 0.6) is 0 Å². The van der Waals surface area contributed by atoms with E-state index in [9.17, 15) is 35.9 Å². The smallest absolute Gasteiger partial charge is 0.430 e. The number of carboxylic acids is 1.